The molecule has 16 heavy (non-hydrogen) atoms. The highest BCUT2D eigenvalue weighted by atomic mass is 15.2. The molecule has 0 amide bonds. The first-order valence-corrected chi connectivity index (χ1v) is 4.60. The molecule has 2 aromatic rings. The van der Waals surface area contributed by atoms with Crippen LogP contribution in [0.5, 0.6) is 0 Å². The highest BCUT2D eigenvalue weighted by molar-refractivity contribution is 5.72. The van der Waals surface area contributed by atoms with Gasteiger partial charge in [-0.05, 0) is 18.2 Å². The Morgan fingerprint density at radius 2 is 1.81 bits per heavy atom. The van der Waals surface area contributed by atoms with Crippen molar-refractivity contribution in [3.8, 4) is 0 Å². The van der Waals surface area contributed by atoms with E-state index in [0.717, 1.165) is 0 Å². The molecule has 80 valence electrons. The quantitative estimate of drug-likeness (QED) is 0.746. The minimum Gasteiger partial charge on any atom is -0.397 e. The van der Waals surface area contributed by atoms with Crippen LogP contribution in [-0.2, 0) is 0 Å². The standard InChI is InChI=1S/C10H10N6/c11-7-4-6-14-10(9(7)12)16-15-8-3-1-2-5-13-8/h1-6H,12H2,(H2,11,14). The van der Waals surface area contributed by atoms with E-state index in [0.29, 0.717) is 23.0 Å². The van der Waals surface area contributed by atoms with Gasteiger partial charge in [0.15, 0.2) is 11.6 Å². The summed E-state index contributed by atoms with van der Waals surface area (Å²) in [6.07, 6.45) is 3.16. The van der Waals surface area contributed by atoms with Gasteiger partial charge in [-0.25, -0.2) is 9.97 Å². The number of pyridine rings is 2. The lowest BCUT2D eigenvalue weighted by atomic mass is 10.3. The van der Waals surface area contributed by atoms with Gasteiger partial charge in [-0.2, -0.15) is 0 Å². The van der Waals surface area contributed by atoms with Crippen molar-refractivity contribution in [2.45, 2.75) is 0 Å². The third kappa shape index (κ3) is 2.11. The average molecular weight is 214 g/mol. The molecule has 2 rings (SSSR count). The molecule has 6 nitrogen and oxygen atoms in total. The number of anilines is 2. The van der Waals surface area contributed by atoms with E-state index in [1.165, 1.54) is 6.20 Å². The summed E-state index contributed by atoms with van der Waals surface area (Å²) in [5.41, 5.74) is 12.0. The molecule has 0 saturated heterocycles. The van der Waals surface area contributed by atoms with Gasteiger partial charge < -0.3 is 11.5 Å². The lowest BCUT2D eigenvalue weighted by Gasteiger charge is -2.00. The summed E-state index contributed by atoms with van der Waals surface area (Å²) < 4.78 is 0. The van der Waals surface area contributed by atoms with Gasteiger partial charge >= 0.3 is 0 Å². The zero-order valence-electron chi connectivity index (χ0n) is 8.41. The Balaban J connectivity index is 2.28. The van der Waals surface area contributed by atoms with Crippen molar-refractivity contribution >= 4 is 23.0 Å². The van der Waals surface area contributed by atoms with Crippen LogP contribution in [0.25, 0.3) is 0 Å². The number of hydrogen-bond donors (Lipinski definition) is 2. The summed E-state index contributed by atoms with van der Waals surface area (Å²) in [5.74, 6) is 0.789. The molecule has 6 heteroatoms. The zero-order chi connectivity index (χ0) is 11.4. The predicted octanol–water partition coefficient (Wildman–Crippen LogP) is 2.06. The molecule has 0 fully saturated rings. The topological polar surface area (TPSA) is 103 Å². The van der Waals surface area contributed by atoms with Gasteiger partial charge in [-0.15, -0.1) is 10.2 Å². The largest absolute Gasteiger partial charge is 0.397 e. The summed E-state index contributed by atoms with van der Waals surface area (Å²) in [7, 11) is 0. The van der Waals surface area contributed by atoms with Crippen molar-refractivity contribution in [1.82, 2.24) is 9.97 Å². The minimum atomic E-state index is 0.297. The third-order valence-electron chi connectivity index (χ3n) is 1.90. The maximum absolute atomic E-state index is 5.69. The number of azo groups is 1. The normalized spacial score (nSPS) is 10.8. The molecular formula is C10H10N6. The van der Waals surface area contributed by atoms with Gasteiger partial charge in [-0.3, -0.25) is 0 Å². The Kier molecular flexibility index (Phi) is 2.73. The fourth-order valence-electron chi connectivity index (χ4n) is 1.07. The average Bonchev–Trinajstić information content (AvgIpc) is 2.32. The van der Waals surface area contributed by atoms with Gasteiger partial charge in [0.05, 0.1) is 5.69 Å². The van der Waals surface area contributed by atoms with Gasteiger partial charge in [0, 0.05) is 12.4 Å². The van der Waals surface area contributed by atoms with Crippen LogP contribution < -0.4 is 11.5 Å². The number of nitrogens with zero attached hydrogens (tertiary/aromatic N) is 4. The van der Waals surface area contributed by atoms with Crippen molar-refractivity contribution in [3.63, 3.8) is 0 Å². The minimum absolute atomic E-state index is 0.297. The molecule has 0 bridgehead atoms. The SMILES string of the molecule is Nc1ccnc(N=Nc2ccccn2)c1N. The molecule has 2 aromatic heterocycles. The second kappa shape index (κ2) is 4.35. The highest BCUT2D eigenvalue weighted by Crippen LogP contribution is 2.25. The van der Waals surface area contributed by atoms with Crippen LogP contribution in [-0.4, -0.2) is 9.97 Å². The van der Waals surface area contributed by atoms with E-state index in [-0.39, 0.29) is 0 Å². The van der Waals surface area contributed by atoms with Crippen molar-refractivity contribution in [2.75, 3.05) is 11.5 Å². The number of hydrogen-bond acceptors (Lipinski definition) is 6. The molecule has 0 aliphatic carbocycles. The van der Waals surface area contributed by atoms with Gasteiger partial charge in [0.2, 0.25) is 0 Å². The first kappa shape index (κ1) is 10.0. The van der Waals surface area contributed by atoms with E-state index in [4.69, 9.17) is 11.5 Å². The summed E-state index contributed by atoms with van der Waals surface area (Å²) >= 11 is 0. The summed E-state index contributed by atoms with van der Waals surface area (Å²) in [6, 6.07) is 6.95. The maximum atomic E-state index is 5.69. The Hall–Kier alpha value is -2.50. The highest BCUT2D eigenvalue weighted by Gasteiger charge is 2.01. The second-order valence-electron chi connectivity index (χ2n) is 3.03. The van der Waals surface area contributed by atoms with E-state index in [2.05, 4.69) is 20.2 Å². The number of nitrogen functional groups attached to an aromatic ring is 2. The Labute approximate surface area is 92.1 Å². The van der Waals surface area contributed by atoms with E-state index in [1.807, 2.05) is 6.07 Å². The van der Waals surface area contributed by atoms with Crippen molar-refractivity contribution in [1.29, 1.82) is 0 Å². The number of aromatic nitrogens is 2. The van der Waals surface area contributed by atoms with Crippen LogP contribution in [0.3, 0.4) is 0 Å². The molecule has 0 saturated carbocycles. The van der Waals surface area contributed by atoms with Gasteiger partial charge in [-0.1, -0.05) is 6.07 Å². The van der Waals surface area contributed by atoms with E-state index < -0.39 is 0 Å². The summed E-state index contributed by atoms with van der Waals surface area (Å²) in [6.45, 7) is 0. The van der Waals surface area contributed by atoms with Gasteiger partial charge in [0.25, 0.3) is 0 Å². The number of rotatable bonds is 2. The molecule has 0 aliphatic heterocycles. The van der Waals surface area contributed by atoms with Crippen LogP contribution in [0.4, 0.5) is 23.0 Å². The van der Waals surface area contributed by atoms with Crippen molar-refractivity contribution < 1.29 is 0 Å². The Morgan fingerprint density at radius 3 is 2.56 bits per heavy atom. The van der Waals surface area contributed by atoms with E-state index in [1.54, 1.807) is 24.4 Å². The van der Waals surface area contributed by atoms with Crippen molar-refractivity contribution in [2.24, 2.45) is 10.2 Å². The number of nitrogens with two attached hydrogens (primary N) is 2. The molecule has 0 aromatic carbocycles. The molecule has 0 radical (unpaired) electrons. The fourth-order valence-corrected chi connectivity index (χ4v) is 1.07. The van der Waals surface area contributed by atoms with Crippen LogP contribution in [0.1, 0.15) is 0 Å². The summed E-state index contributed by atoms with van der Waals surface area (Å²) in [4.78, 5) is 7.95. The van der Waals surface area contributed by atoms with Crippen LogP contribution in [0, 0.1) is 0 Å². The van der Waals surface area contributed by atoms with Crippen molar-refractivity contribution in [3.05, 3.63) is 36.7 Å². The molecule has 0 unspecified atom stereocenters. The molecule has 0 atom stereocenters. The first-order valence-electron chi connectivity index (χ1n) is 4.60. The van der Waals surface area contributed by atoms with Gasteiger partial charge in [0.1, 0.15) is 5.69 Å². The first-order chi connectivity index (χ1) is 7.77. The summed E-state index contributed by atoms with van der Waals surface area (Å²) in [5, 5.41) is 7.78. The lowest BCUT2D eigenvalue weighted by Crippen LogP contribution is -1.95. The molecule has 2 heterocycles. The lowest BCUT2D eigenvalue weighted by molar-refractivity contribution is 1.12. The third-order valence-corrected chi connectivity index (χ3v) is 1.90. The zero-order valence-corrected chi connectivity index (χ0v) is 8.41. The monoisotopic (exact) mass is 214 g/mol. The van der Waals surface area contributed by atoms with Crippen LogP contribution >= 0.6 is 0 Å². The predicted molar refractivity (Wildman–Crippen MR) is 61.5 cm³/mol. The molecular weight excluding hydrogens is 204 g/mol. The molecule has 4 N–H and O–H groups in total. The fraction of sp³-hybridized carbons (Fsp3) is 0. The smallest absolute Gasteiger partial charge is 0.199 e. The van der Waals surface area contributed by atoms with Crippen LogP contribution in [0.2, 0.25) is 0 Å². The maximum Gasteiger partial charge on any atom is 0.199 e. The van der Waals surface area contributed by atoms with E-state index >= 15 is 0 Å². The molecule has 0 spiro atoms. The Morgan fingerprint density at radius 1 is 0.938 bits per heavy atom. The van der Waals surface area contributed by atoms with Crippen LogP contribution in [0.15, 0.2) is 46.9 Å². The molecule has 0 aliphatic rings. The Bertz CT molecular complexity index is 508. The van der Waals surface area contributed by atoms with E-state index in [9.17, 15) is 0 Å². The second-order valence-corrected chi connectivity index (χ2v) is 3.03.